The van der Waals surface area contributed by atoms with Crippen molar-refractivity contribution in [1.82, 2.24) is 9.97 Å². The first-order valence-electron chi connectivity index (χ1n) is 7.54. The quantitative estimate of drug-likeness (QED) is 0.499. The lowest BCUT2D eigenvalue weighted by atomic mass is 10.1. The monoisotopic (exact) mass is 392 g/mol. The molecular weight excluding hydrogens is 376 g/mol. The van der Waals surface area contributed by atoms with Crippen LogP contribution in [0.25, 0.3) is 10.9 Å². The number of nitro groups is 1. The average Bonchev–Trinajstić information content (AvgIpc) is 2.66. The van der Waals surface area contributed by atoms with Crippen molar-refractivity contribution < 1.29 is 19.1 Å². The largest absolute Gasteiger partial charge is 0.493 e. The van der Waals surface area contributed by atoms with Crippen molar-refractivity contribution in [3.05, 3.63) is 46.8 Å². The van der Waals surface area contributed by atoms with E-state index < -0.39 is 4.92 Å². The van der Waals surface area contributed by atoms with Crippen molar-refractivity contribution in [1.29, 1.82) is 0 Å². The van der Waals surface area contributed by atoms with Crippen molar-refractivity contribution in [2.75, 3.05) is 26.6 Å². The maximum absolute atomic E-state index is 11.0. The zero-order valence-corrected chi connectivity index (χ0v) is 15.6. The Hall–Kier alpha value is -3.33. The predicted octanol–water partition coefficient (Wildman–Crippen LogP) is 3.73. The number of fused-ring (bicyclic) bond motifs is 1. The lowest BCUT2D eigenvalue weighted by Gasteiger charge is -2.15. The summed E-state index contributed by atoms with van der Waals surface area (Å²) >= 11 is 0. The molecule has 142 valence electrons. The molecule has 0 fully saturated rings. The molecule has 27 heavy (non-hydrogen) atoms. The summed E-state index contributed by atoms with van der Waals surface area (Å²) < 4.78 is 16.2. The number of hydrogen-bond acceptors (Lipinski definition) is 8. The smallest absolute Gasteiger partial charge is 0.271 e. The van der Waals surface area contributed by atoms with Gasteiger partial charge in [0.15, 0.2) is 11.5 Å². The summed E-state index contributed by atoms with van der Waals surface area (Å²) in [4.78, 5) is 19.0. The van der Waals surface area contributed by atoms with Gasteiger partial charge in [0.2, 0.25) is 5.75 Å². The van der Waals surface area contributed by atoms with Crippen LogP contribution in [0.3, 0.4) is 0 Å². The Labute approximate surface area is 160 Å². The molecule has 2 aromatic carbocycles. The second kappa shape index (κ2) is 8.37. The summed E-state index contributed by atoms with van der Waals surface area (Å²) in [5.41, 5.74) is 1.02. The average molecular weight is 393 g/mol. The summed E-state index contributed by atoms with van der Waals surface area (Å²) in [7, 11) is 4.53. The van der Waals surface area contributed by atoms with E-state index >= 15 is 0 Å². The third-order valence-corrected chi connectivity index (χ3v) is 3.75. The van der Waals surface area contributed by atoms with Gasteiger partial charge in [-0.15, -0.1) is 12.4 Å². The fourth-order valence-electron chi connectivity index (χ4n) is 2.60. The number of aromatic nitrogens is 2. The van der Waals surface area contributed by atoms with Gasteiger partial charge in [-0.05, 0) is 12.1 Å². The molecule has 1 heterocycles. The SMILES string of the molecule is COc1cc2c(Nc3cccc([N+](=O)[O-])c3)ncnc2c(OC)c1OC.Cl. The summed E-state index contributed by atoms with van der Waals surface area (Å²) in [6, 6.07) is 7.86. The van der Waals surface area contributed by atoms with Gasteiger partial charge < -0.3 is 19.5 Å². The van der Waals surface area contributed by atoms with Crippen molar-refractivity contribution in [3.8, 4) is 17.2 Å². The zero-order valence-electron chi connectivity index (χ0n) is 14.8. The van der Waals surface area contributed by atoms with Gasteiger partial charge in [0, 0.05) is 17.8 Å². The van der Waals surface area contributed by atoms with Crippen LogP contribution < -0.4 is 19.5 Å². The molecule has 1 N–H and O–H groups in total. The Bertz CT molecular complexity index is 983. The summed E-state index contributed by atoms with van der Waals surface area (Å²) in [5.74, 6) is 1.73. The minimum absolute atomic E-state index is 0. The van der Waals surface area contributed by atoms with Crippen LogP contribution in [0.2, 0.25) is 0 Å². The lowest BCUT2D eigenvalue weighted by Crippen LogP contribution is -2.01. The van der Waals surface area contributed by atoms with Crippen molar-refractivity contribution in [3.63, 3.8) is 0 Å². The first-order valence-corrected chi connectivity index (χ1v) is 7.54. The first kappa shape index (κ1) is 20.0. The van der Waals surface area contributed by atoms with E-state index in [0.717, 1.165) is 0 Å². The van der Waals surface area contributed by atoms with Crippen LogP contribution in [-0.2, 0) is 0 Å². The topological polar surface area (TPSA) is 109 Å². The Balaban J connectivity index is 0.00000261. The Morgan fingerprint density at radius 1 is 1.04 bits per heavy atom. The second-order valence-corrected chi connectivity index (χ2v) is 5.20. The van der Waals surface area contributed by atoms with E-state index in [9.17, 15) is 10.1 Å². The number of nitrogens with one attached hydrogen (secondary N) is 1. The van der Waals surface area contributed by atoms with Crippen molar-refractivity contribution in [2.24, 2.45) is 0 Å². The highest BCUT2D eigenvalue weighted by molar-refractivity contribution is 5.97. The lowest BCUT2D eigenvalue weighted by molar-refractivity contribution is -0.384. The minimum atomic E-state index is -0.458. The van der Waals surface area contributed by atoms with Crippen LogP contribution >= 0.6 is 12.4 Å². The molecule has 1 aromatic heterocycles. The molecule has 0 aliphatic carbocycles. The van der Waals surface area contributed by atoms with E-state index in [2.05, 4.69) is 15.3 Å². The van der Waals surface area contributed by atoms with Crippen molar-refractivity contribution >= 4 is 40.5 Å². The molecule has 10 heteroatoms. The van der Waals surface area contributed by atoms with Gasteiger partial charge >= 0.3 is 0 Å². The third kappa shape index (κ3) is 3.77. The van der Waals surface area contributed by atoms with Gasteiger partial charge in [-0.1, -0.05) is 6.07 Å². The van der Waals surface area contributed by atoms with Crippen LogP contribution in [0.4, 0.5) is 17.2 Å². The number of rotatable bonds is 6. The Morgan fingerprint density at radius 2 is 1.78 bits per heavy atom. The normalized spacial score (nSPS) is 10.0. The predicted molar refractivity (Wildman–Crippen MR) is 103 cm³/mol. The van der Waals surface area contributed by atoms with E-state index in [4.69, 9.17) is 14.2 Å². The van der Waals surface area contributed by atoms with Crippen LogP contribution in [0.5, 0.6) is 17.2 Å². The van der Waals surface area contributed by atoms with Crippen LogP contribution in [-0.4, -0.2) is 36.2 Å². The van der Waals surface area contributed by atoms with Crippen LogP contribution in [0, 0.1) is 10.1 Å². The molecular formula is C17H17ClN4O5. The molecule has 0 bridgehead atoms. The number of ether oxygens (including phenoxy) is 3. The number of methoxy groups -OCH3 is 3. The maximum Gasteiger partial charge on any atom is 0.271 e. The second-order valence-electron chi connectivity index (χ2n) is 5.20. The Kier molecular flexibility index (Phi) is 6.19. The highest BCUT2D eigenvalue weighted by Gasteiger charge is 2.19. The maximum atomic E-state index is 11.0. The molecule has 0 atom stereocenters. The van der Waals surface area contributed by atoms with Crippen LogP contribution in [0.15, 0.2) is 36.7 Å². The molecule has 0 spiro atoms. The molecule has 0 radical (unpaired) electrons. The van der Waals surface area contributed by atoms with E-state index in [1.807, 2.05) is 0 Å². The number of nitro benzene ring substituents is 1. The summed E-state index contributed by atoms with van der Waals surface area (Å²) in [6.07, 6.45) is 1.37. The Morgan fingerprint density at radius 3 is 2.41 bits per heavy atom. The van der Waals surface area contributed by atoms with Gasteiger partial charge in [0.25, 0.3) is 5.69 Å². The number of nitrogens with zero attached hydrogens (tertiary/aromatic N) is 3. The number of benzene rings is 2. The summed E-state index contributed by atoms with van der Waals surface area (Å²) in [5, 5.41) is 14.7. The molecule has 0 aliphatic rings. The minimum Gasteiger partial charge on any atom is -0.493 e. The van der Waals surface area contributed by atoms with Gasteiger partial charge in [0.1, 0.15) is 17.7 Å². The van der Waals surface area contributed by atoms with Gasteiger partial charge in [-0.2, -0.15) is 0 Å². The number of anilines is 2. The van der Waals surface area contributed by atoms with E-state index in [-0.39, 0.29) is 18.1 Å². The number of halogens is 1. The van der Waals surface area contributed by atoms with E-state index in [1.54, 1.807) is 18.2 Å². The van der Waals surface area contributed by atoms with E-state index in [1.165, 1.54) is 39.8 Å². The fourth-order valence-corrected chi connectivity index (χ4v) is 2.60. The number of non-ortho nitro benzene ring substituents is 1. The molecule has 9 nitrogen and oxygen atoms in total. The van der Waals surface area contributed by atoms with Gasteiger partial charge in [-0.25, -0.2) is 9.97 Å². The fraction of sp³-hybridized carbons (Fsp3) is 0.176. The molecule has 3 rings (SSSR count). The molecule has 3 aromatic rings. The van der Waals surface area contributed by atoms with Crippen LogP contribution in [0.1, 0.15) is 0 Å². The summed E-state index contributed by atoms with van der Waals surface area (Å²) in [6.45, 7) is 0. The van der Waals surface area contributed by atoms with Crippen molar-refractivity contribution in [2.45, 2.75) is 0 Å². The molecule has 0 amide bonds. The van der Waals surface area contributed by atoms with Gasteiger partial charge in [0.05, 0.1) is 31.6 Å². The first-order chi connectivity index (χ1) is 12.6. The number of hydrogen-bond donors (Lipinski definition) is 1. The molecule has 0 saturated heterocycles. The standard InChI is InChI=1S/C17H16N4O5.ClH/c1-24-13-8-12-14(16(26-3)15(13)25-2)18-9-19-17(12)20-10-5-4-6-11(7-10)21(22)23;/h4-9H,1-3H3,(H,18,19,20);1H. The van der Waals surface area contributed by atoms with Gasteiger partial charge in [-0.3, -0.25) is 10.1 Å². The van der Waals surface area contributed by atoms with E-state index in [0.29, 0.717) is 39.7 Å². The highest BCUT2D eigenvalue weighted by Crippen LogP contribution is 2.44. The third-order valence-electron chi connectivity index (χ3n) is 3.75. The highest BCUT2D eigenvalue weighted by atomic mass is 35.5. The molecule has 0 saturated carbocycles. The zero-order chi connectivity index (χ0) is 18.7. The molecule has 0 aliphatic heterocycles. The molecule has 0 unspecified atom stereocenters.